The number of ether oxygens (including phenoxy) is 2. The van der Waals surface area contributed by atoms with Gasteiger partial charge in [0.25, 0.3) is 0 Å². The number of anilines is 1. The molecule has 3 heterocycles. The summed E-state index contributed by atoms with van der Waals surface area (Å²) in [5.41, 5.74) is 0.461. The van der Waals surface area contributed by atoms with Crippen molar-refractivity contribution in [3.8, 4) is 22.6 Å². The summed E-state index contributed by atoms with van der Waals surface area (Å²) in [6.45, 7) is 10.4. The zero-order chi connectivity index (χ0) is 19.9. The fourth-order valence-electron chi connectivity index (χ4n) is 4.04. The van der Waals surface area contributed by atoms with Gasteiger partial charge in [-0.25, -0.2) is 0 Å². The normalized spacial score (nSPS) is 21.0. The van der Waals surface area contributed by atoms with Crippen LogP contribution in [0, 0.1) is 13.8 Å². The summed E-state index contributed by atoms with van der Waals surface area (Å²) in [4.78, 5) is 13.0. The Bertz CT molecular complexity index is 973. The van der Waals surface area contributed by atoms with E-state index < -0.39 is 17.2 Å². The lowest BCUT2D eigenvalue weighted by atomic mass is 9.69. The van der Waals surface area contributed by atoms with Gasteiger partial charge in [-0.05, 0) is 53.2 Å². The number of nitrogens with zero attached hydrogens (tertiary/aromatic N) is 1. The molecule has 0 radical (unpaired) electrons. The van der Waals surface area contributed by atoms with Crippen molar-refractivity contribution < 1.29 is 27.6 Å². The number of Topliss-reactive ketones (excluding diaryl/α,β-unsaturated/α-hetero) is 1. The van der Waals surface area contributed by atoms with Crippen LogP contribution in [0.15, 0.2) is 10.6 Å². The highest BCUT2D eigenvalue weighted by atomic mass is 19.3. The van der Waals surface area contributed by atoms with Gasteiger partial charge in [0.15, 0.2) is 17.3 Å². The molecule has 2 aliphatic heterocycles. The predicted molar refractivity (Wildman–Crippen MR) is 93.4 cm³/mol. The third kappa shape index (κ3) is 2.35. The van der Waals surface area contributed by atoms with E-state index in [0.717, 1.165) is 0 Å². The van der Waals surface area contributed by atoms with E-state index in [0.29, 0.717) is 33.8 Å². The van der Waals surface area contributed by atoms with Gasteiger partial charge in [0.1, 0.15) is 5.76 Å². The second-order valence-electron chi connectivity index (χ2n) is 8.08. The van der Waals surface area contributed by atoms with Crippen LogP contribution >= 0.6 is 0 Å². The number of rotatable bonds is 1. The maximum absolute atomic E-state index is 14.0. The third-order valence-electron chi connectivity index (χ3n) is 5.23. The summed E-state index contributed by atoms with van der Waals surface area (Å²) in [6, 6.07) is 1.69. The van der Waals surface area contributed by atoms with Crippen LogP contribution in [-0.2, 0) is 10.2 Å². The summed E-state index contributed by atoms with van der Waals surface area (Å²) in [5, 5.41) is 6.95. The number of alkyl halides is 2. The average Bonchev–Trinajstić information content (AvgIpc) is 3.04. The number of aromatic nitrogens is 1. The second kappa shape index (κ2) is 4.99. The van der Waals surface area contributed by atoms with E-state index in [1.54, 1.807) is 47.6 Å². The Morgan fingerprint density at radius 1 is 1.07 bits per heavy atom. The Kier molecular flexibility index (Phi) is 3.28. The molecule has 27 heavy (non-hydrogen) atoms. The van der Waals surface area contributed by atoms with E-state index in [4.69, 9.17) is 14.0 Å². The lowest BCUT2D eigenvalue weighted by Gasteiger charge is -2.42. The average molecular weight is 378 g/mol. The smallest absolute Gasteiger partial charge is 0.395 e. The van der Waals surface area contributed by atoms with Gasteiger partial charge in [-0.15, -0.1) is 8.78 Å². The van der Waals surface area contributed by atoms with E-state index in [1.165, 1.54) is 0 Å². The van der Waals surface area contributed by atoms with Crippen molar-refractivity contribution in [1.29, 1.82) is 0 Å². The van der Waals surface area contributed by atoms with Gasteiger partial charge in [-0.3, -0.25) is 4.79 Å². The van der Waals surface area contributed by atoms with Crippen molar-refractivity contribution in [2.75, 3.05) is 5.32 Å². The fraction of sp³-hybridized carbons (Fsp3) is 0.474. The van der Waals surface area contributed by atoms with Crippen molar-refractivity contribution in [1.82, 2.24) is 5.16 Å². The van der Waals surface area contributed by atoms with E-state index in [-0.39, 0.29) is 17.3 Å². The third-order valence-corrected chi connectivity index (χ3v) is 5.23. The molecule has 1 N–H and O–H groups in total. The monoisotopic (exact) mass is 378 g/mol. The summed E-state index contributed by atoms with van der Waals surface area (Å²) in [5.74, 6) is 0.197. The van der Waals surface area contributed by atoms with Crippen molar-refractivity contribution in [2.45, 2.75) is 58.8 Å². The zero-order valence-electron chi connectivity index (χ0n) is 15.9. The molecule has 0 saturated carbocycles. The molecule has 0 saturated heterocycles. The van der Waals surface area contributed by atoms with Crippen LogP contribution in [0.5, 0.6) is 11.5 Å². The number of ketones is 1. The van der Waals surface area contributed by atoms with Gasteiger partial charge < -0.3 is 19.3 Å². The minimum atomic E-state index is -3.80. The fourth-order valence-corrected chi connectivity index (χ4v) is 4.04. The molecule has 0 spiro atoms. The molecule has 0 bridgehead atoms. The standard InChI is InChI=1S/C19H20F2N2O4/c1-8-12(9(2)27-23-8)10-7-11-13(15-14(10)25-19(20,21)26-15)22-18(5,6)16(24)17(11,3)4/h7,22H,1-6H3. The molecule has 0 amide bonds. The highest BCUT2D eigenvalue weighted by molar-refractivity contribution is 6.05. The Balaban J connectivity index is 2.08. The quantitative estimate of drug-likeness (QED) is 0.796. The Hall–Kier alpha value is -2.64. The predicted octanol–water partition coefficient (Wildman–Crippen LogP) is 4.33. The summed E-state index contributed by atoms with van der Waals surface area (Å²) < 4.78 is 42.9. The number of aryl methyl sites for hydroxylation is 2. The highest BCUT2D eigenvalue weighted by Gasteiger charge is 2.53. The maximum atomic E-state index is 14.0. The molecule has 4 rings (SSSR count). The topological polar surface area (TPSA) is 73.6 Å². The van der Waals surface area contributed by atoms with Crippen LogP contribution < -0.4 is 14.8 Å². The maximum Gasteiger partial charge on any atom is 0.586 e. The molecule has 0 aliphatic carbocycles. The molecule has 144 valence electrons. The van der Waals surface area contributed by atoms with Crippen LogP contribution in [0.2, 0.25) is 0 Å². The van der Waals surface area contributed by atoms with Crippen molar-refractivity contribution in [3.05, 3.63) is 23.1 Å². The zero-order valence-corrected chi connectivity index (χ0v) is 15.9. The number of benzene rings is 1. The van der Waals surface area contributed by atoms with Crippen LogP contribution in [0.3, 0.4) is 0 Å². The van der Waals surface area contributed by atoms with Crippen LogP contribution in [0.4, 0.5) is 14.5 Å². The van der Waals surface area contributed by atoms with Gasteiger partial charge in [0.2, 0.25) is 0 Å². The summed E-state index contributed by atoms with van der Waals surface area (Å²) in [7, 11) is 0. The molecule has 0 atom stereocenters. The van der Waals surface area contributed by atoms with E-state index in [2.05, 4.69) is 10.5 Å². The van der Waals surface area contributed by atoms with Gasteiger partial charge in [-0.1, -0.05) is 5.16 Å². The summed E-state index contributed by atoms with van der Waals surface area (Å²) in [6.07, 6.45) is -3.80. The van der Waals surface area contributed by atoms with Gasteiger partial charge in [0, 0.05) is 5.56 Å². The molecule has 0 unspecified atom stereocenters. The Morgan fingerprint density at radius 3 is 2.30 bits per heavy atom. The Morgan fingerprint density at radius 2 is 1.70 bits per heavy atom. The molecule has 2 aliphatic rings. The number of hydrogen-bond acceptors (Lipinski definition) is 6. The van der Waals surface area contributed by atoms with Gasteiger partial charge in [0.05, 0.1) is 27.9 Å². The minimum Gasteiger partial charge on any atom is -0.395 e. The number of hydrogen-bond donors (Lipinski definition) is 1. The highest BCUT2D eigenvalue weighted by Crippen LogP contribution is 2.57. The number of halogens is 2. The number of carbonyl (C=O) groups excluding carboxylic acids is 1. The van der Waals surface area contributed by atoms with E-state index in [9.17, 15) is 13.6 Å². The van der Waals surface area contributed by atoms with Crippen LogP contribution in [-0.4, -0.2) is 22.8 Å². The minimum absolute atomic E-state index is 0.0576. The lowest BCUT2D eigenvalue weighted by molar-refractivity contribution is -0.286. The van der Waals surface area contributed by atoms with Gasteiger partial charge in [-0.2, -0.15) is 0 Å². The van der Waals surface area contributed by atoms with Crippen LogP contribution in [0.1, 0.15) is 44.7 Å². The Labute approximate surface area is 154 Å². The van der Waals surface area contributed by atoms with E-state index >= 15 is 0 Å². The largest absolute Gasteiger partial charge is 0.586 e. The molecule has 2 aromatic rings. The SMILES string of the molecule is Cc1noc(C)c1-c1cc2c(c3c1OC(F)(F)O3)NC(C)(C)C(=O)C2(C)C. The molecular weight excluding hydrogens is 358 g/mol. The van der Waals surface area contributed by atoms with Crippen molar-refractivity contribution in [2.24, 2.45) is 0 Å². The first-order valence-corrected chi connectivity index (χ1v) is 8.59. The van der Waals surface area contributed by atoms with Crippen molar-refractivity contribution in [3.63, 3.8) is 0 Å². The first kappa shape index (κ1) is 17.8. The summed E-state index contributed by atoms with van der Waals surface area (Å²) >= 11 is 0. The van der Waals surface area contributed by atoms with Crippen molar-refractivity contribution >= 4 is 11.5 Å². The van der Waals surface area contributed by atoms with Crippen LogP contribution in [0.25, 0.3) is 11.1 Å². The number of fused-ring (bicyclic) bond motifs is 3. The number of nitrogens with one attached hydrogen (secondary N) is 1. The molecule has 1 aromatic heterocycles. The number of carbonyl (C=O) groups is 1. The second-order valence-corrected chi connectivity index (χ2v) is 8.08. The van der Waals surface area contributed by atoms with E-state index in [1.807, 2.05) is 0 Å². The molecule has 0 fully saturated rings. The molecule has 8 heteroatoms. The molecule has 6 nitrogen and oxygen atoms in total. The first-order valence-electron chi connectivity index (χ1n) is 8.59. The molecule has 1 aromatic carbocycles. The first-order chi connectivity index (χ1) is 12.3. The lowest BCUT2D eigenvalue weighted by Crippen LogP contribution is -2.53. The van der Waals surface area contributed by atoms with Gasteiger partial charge >= 0.3 is 6.29 Å². The molecular formula is C19H20F2N2O4.